The van der Waals surface area contributed by atoms with E-state index < -0.39 is 10.8 Å². The van der Waals surface area contributed by atoms with E-state index >= 15 is 0 Å². The molecule has 2 aromatic carbocycles. The normalized spacial score (nSPS) is 15.6. The Balaban J connectivity index is 1.41. The van der Waals surface area contributed by atoms with Crippen molar-refractivity contribution in [3.05, 3.63) is 89.7 Å². The van der Waals surface area contributed by atoms with E-state index in [2.05, 4.69) is 17.4 Å². The first kappa shape index (κ1) is 20.6. The maximum atomic E-state index is 12.9. The van der Waals surface area contributed by atoms with Crippen molar-refractivity contribution in [2.75, 3.05) is 5.32 Å². The molecule has 4 nitrogen and oxygen atoms in total. The summed E-state index contributed by atoms with van der Waals surface area (Å²) >= 11 is 0. The minimum atomic E-state index is -0.851. The van der Waals surface area contributed by atoms with Gasteiger partial charge in [-0.05, 0) is 48.2 Å². The zero-order chi connectivity index (χ0) is 20.8. The Bertz CT molecular complexity index is 1010. The third-order valence-corrected chi connectivity index (χ3v) is 7.51. The van der Waals surface area contributed by atoms with Gasteiger partial charge in [0.2, 0.25) is 0 Å². The van der Waals surface area contributed by atoms with Crippen LogP contribution in [0.5, 0.6) is 0 Å². The van der Waals surface area contributed by atoms with Gasteiger partial charge in [0, 0.05) is 40.2 Å². The van der Waals surface area contributed by atoms with Crippen molar-refractivity contribution in [1.29, 1.82) is 0 Å². The fourth-order valence-corrected chi connectivity index (χ4v) is 5.69. The fourth-order valence-electron chi connectivity index (χ4n) is 4.08. The largest absolute Gasteiger partial charge is 0.339 e. The molecule has 4 rings (SSSR count). The Hall–Kier alpha value is -2.66. The smallest absolute Gasteiger partial charge is 0.272 e. The molecule has 1 fully saturated rings. The topological polar surface area (TPSA) is 51.1 Å². The van der Waals surface area contributed by atoms with Crippen molar-refractivity contribution in [3.63, 3.8) is 0 Å². The second kappa shape index (κ2) is 9.90. The number of anilines is 1. The highest BCUT2D eigenvalue weighted by atomic mass is 32.2. The maximum Gasteiger partial charge on any atom is 0.272 e. The Kier molecular flexibility index (Phi) is 6.80. The first-order valence-corrected chi connectivity index (χ1v) is 12.0. The van der Waals surface area contributed by atoms with Crippen LogP contribution in [0.15, 0.2) is 72.9 Å². The first-order valence-electron chi connectivity index (χ1n) is 10.7. The molecule has 0 saturated heterocycles. The number of rotatable bonds is 7. The SMILES string of the molecule is O=C(Nc1cccc(CS(=O)C2CCCCC2)c1)c1cccn1Cc1ccccc1. The predicted molar refractivity (Wildman–Crippen MR) is 123 cm³/mol. The number of amides is 1. The molecule has 0 bridgehead atoms. The third kappa shape index (κ3) is 5.28. The summed E-state index contributed by atoms with van der Waals surface area (Å²) in [6, 6.07) is 21.6. The molecule has 1 heterocycles. The van der Waals surface area contributed by atoms with E-state index in [1.54, 1.807) is 0 Å². The van der Waals surface area contributed by atoms with Gasteiger partial charge in [0.15, 0.2) is 0 Å². The lowest BCUT2D eigenvalue weighted by Crippen LogP contribution is -2.20. The molecule has 0 aliphatic heterocycles. The van der Waals surface area contributed by atoms with Crippen molar-refractivity contribution in [2.45, 2.75) is 49.7 Å². The highest BCUT2D eigenvalue weighted by Gasteiger charge is 2.20. The lowest BCUT2D eigenvalue weighted by molar-refractivity contribution is 0.101. The molecule has 1 atom stereocenters. The minimum absolute atomic E-state index is 0.138. The number of hydrogen-bond donors (Lipinski definition) is 1. The molecule has 156 valence electrons. The molecule has 1 aromatic heterocycles. The monoisotopic (exact) mass is 420 g/mol. The van der Waals surface area contributed by atoms with Gasteiger partial charge < -0.3 is 9.88 Å². The third-order valence-electron chi connectivity index (χ3n) is 5.68. The summed E-state index contributed by atoms with van der Waals surface area (Å²) in [7, 11) is -0.851. The fraction of sp³-hybridized carbons (Fsp3) is 0.320. The molecular formula is C25H28N2O2S. The zero-order valence-corrected chi connectivity index (χ0v) is 17.9. The molecular weight excluding hydrogens is 392 g/mol. The second-order valence-electron chi connectivity index (χ2n) is 7.95. The number of carbonyl (C=O) groups excluding carboxylic acids is 1. The van der Waals surface area contributed by atoms with E-state index in [9.17, 15) is 9.00 Å². The van der Waals surface area contributed by atoms with Gasteiger partial charge in [-0.15, -0.1) is 0 Å². The van der Waals surface area contributed by atoms with Gasteiger partial charge in [-0.1, -0.05) is 61.7 Å². The molecule has 5 heteroatoms. The van der Waals surface area contributed by atoms with E-state index in [-0.39, 0.29) is 5.91 Å². The van der Waals surface area contributed by atoms with Crippen LogP contribution >= 0.6 is 0 Å². The van der Waals surface area contributed by atoms with Gasteiger partial charge in [-0.2, -0.15) is 0 Å². The van der Waals surface area contributed by atoms with Crippen LogP contribution in [-0.2, 0) is 23.1 Å². The first-order chi connectivity index (χ1) is 14.7. The summed E-state index contributed by atoms with van der Waals surface area (Å²) < 4.78 is 14.7. The van der Waals surface area contributed by atoms with E-state index in [1.807, 2.05) is 65.4 Å². The lowest BCUT2D eigenvalue weighted by atomic mass is 10.0. The Labute approximate surface area is 180 Å². The molecule has 30 heavy (non-hydrogen) atoms. The molecule has 1 unspecified atom stereocenters. The van der Waals surface area contributed by atoms with Gasteiger partial charge in [0.1, 0.15) is 5.69 Å². The molecule has 1 saturated carbocycles. The second-order valence-corrected chi connectivity index (χ2v) is 9.66. The van der Waals surface area contributed by atoms with Gasteiger partial charge in [0.05, 0.1) is 0 Å². The predicted octanol–water partition coefficient (Wildman–Crippen LogP) is 5.37. The average Bonchev–Trinajstić information content (AvgIpc) is 3.23. The lowest BCUT2D eigenvalue weighted by Gasteiger charge is -2.21. The molecule has 1 N–H and O–H groups in total. The standard InChI is InChI=1S/C25H28N2O2S/c28-25(24-15-8-16-27(24)18-20-9-3-1-4-10-20)26-22-12-7-11-21(17-22)19-30(29)23-13-5-2-6-14-23/h1,3-4,7-12,15-17,23H,2,5-6,13-14,18-19H2,(H,26,28). The van der Waals surface area contributed by atoms with Crippen LogP contribution in [0.3, 0.4) is 0 Å². The van der Waals surface area contributed by atoms with Crippen molar-refractivity contribution >= 4 is 22.4 Å². The zero-order valence-electron chi connectivity index (χ0n) is 17.1. The molecule has 1 amide bonds. The van der Waals surface area contributed by atoms with Gasteiger partial charge >= 0.3 is 0 Å². The van der Waals surface area contributed by atoms with Crippen LogP contribution < -0.4 is 5.32 Å². The Morgan fingerprint density at radius 1 is 0.933 bits per heavy atom. The summed E-state index contributed by atoms with van der Waals surface area (Å²) in [5, 5.41) is 3.32. The van der Waals surface area contributed by atoms with E-state index in [1.165, 1.54) is 19.3 Å². The molecule has 0 radical (unpaired) electrons. The summed E-state index contributed by atoms with van der Waals surface area (Å²) in [5.41, 5.74) is 3.52. The summed E-state index contributed by atoms with van der Waals surface area (Å²) in [6.45, 7) is 0.650. The van der Waals surface area contributed by atoms with Crippen molar-refractivity contribution < 1.29 is 9.00 Å². The van der Waals surface area contributed by atoms with Gasteiger partial charge in [-0.25, -0.2) is 0 Å². The summed E-state index contributed by atoms with van der Waals surface area (Å²) in [5.74, 6) is 0.417. The highest BCUT2D eigenvalue weighted by Crippen LogP contribution is 2.24. The minimum Gasteiger partial charge on any atom is -0.339 e. The molecule has 3 aromatic rings. The molecule has 0 spiro atoms. The number of benzene rings is 2. The summed E-state index contributed by atoms with van der Waals surface area (Å²) in [4.78, 5) is 12.9. The number of aromatic nitrogens is 1. The molecule has 1 aliphatic rings. The van der Waals surface area contributed by atoms with Gasteiger partial charge in [0.25, 0.3) is 5.91 Å². The number of hydrogen-bond acceptors (Lipinski definition) is 2. The quantitative estimate of drug-likeness (QED) is 0.559. The van der Waals surface area contributed by atoms with E-state index in [0.717, 1.165) is 29.7 Å². The Morgan fingerprint density at radius 3 is 2.50 bits per heavy atom. The average molecular weight is 421 g/mol. The van der Waals surface area contributed by atoms with Crippen molar-refractivity contribution in [1.82, 2.24) is 4.57 Å². The van der Waals surface area contributed by atoms with Crippen LogP contribution in [0, 0.1) is 0 Å². The number of nitrogens with one attached hydrogen (secondary N) is 1. The highest BCUT2D eigenvalue weighted by molar-refractivity contribution is 7.84. The van der Waals surface area contributed by atoms with Crippen LogP contribution in [-0.4, -0.2) is 19.9 Å². The van der Waals surface area contributed by atoms with E-state index in [4.69, 9.17) is 0 Å². The number of carbonyl (C=O) groups is 1. The van der Waals surface area contributed by atoms with Gasteiger partial charge in [-0.3, -0.25) is 9.00 Å². The van der Waals surface area contributed by atoms with Crippen LogP contribution in [0.4, 0.5) is 5.69 Å². The summed E-state index contributed by atoms with van der Waals surface area (Å²) in [6.07, 6.45) is 7.71. The Morgan fingerprint density at radius 2 is 1.70 bits per heavy atom. The van der Waals surface area contributed by atoms with Crippen molar-refractivity contribution in [2.24, 2.45) is 0 Å². The van der Waals surface area contributed by atoms with E-state index in [0.29, 0.717) is 23.2 Å². The van der Waals surface area contributed by atoms with Crippen LogP contribution in [0.25, 0.3) is 0 Å². The maximum absolute atomic E-state index is 12.9. The van der Waals surface area contributed by atoms with Crippen molar-refractivity contribution in [3.8, 4) is 0 Å². The van der Waals surface area contributed by atoms with Crippen LogP contribution in [0.2, 0.25) is 0 Å². The number of nitrogens with zero attached hydrogens (tertiary/aromatic N) is 1. The molecule has 1 aliphatic carbocycles. The van der Waals surface area contributed by atoms with Crippen LogP contribution in [0.1, 0.15) is 53.7 Å².